The van der Waals surface area contributed by atoms with Crippen LogP contribution in [-0.4, -0.2) is 57.9 Å². The summed E-state index contributed by atoms with van der Waals surface area (Å²) in [5.41, 5.74) is 0.394. The Kier molecular flexibility index (Phi) is 12.3. The van der Waals surface area contributed by atoms with E-state index in [1.807, 2.05) is 60.7 Å². The van der Waals surface area contributed by atoms with Crippen LogP contribution in [0.2, 0.25) is 18.1 Å². The Morgan fingerprint density at radius 3 is 2.10 bits per heavy atom. The van der Waals surface area contributed by atoms with Crippen molar-refractivity contribution in [2.24, 2.45) is 11.3 Å². The minimum Gasteiger partial charge on any atom is -0.497 e. The molecule has 0 saturated heterocycles. The number of esters is 1. The van der Waals surface area contributed by atoms with Crippen LogP contribution in [0.25, 0.3) is 0 Å². The summed E-state index contributed by atoms with van der Waals surface area (Å²) in [6, 6.07) is 26.6. The van der Waals surface area contributed by atoms with Crippen LogP contribution in [0.15, 0.2) is 84.9 Å². The van der Waals surface area contributed by atoms with Crippen molar-refractivity contribution >= 4 is 20.1 Å². The van der Waals surface area contributed by atoms with Crippen LogP contribution in [-0.2, 0) is 41.4 Å². The average Bonchev–Trinajstić information content (AvgIpc) is 3.38. The largest absolute Gasteiger partial charge is 0.497 e. The molecule has 0 amide bonds. The van der Waals surface area contributed by atoms with E-state index in [-0.39, 0.29) is 42.2 Å². The van der Waals surface area contributed by atoms with Gasteiger partial charge in [-0.05, 0) is 85.1 Å². The van der Waals surface area contributed by atoms with E-state index in [1.165, 1.54) is 0 Å². The molecule has 2 unspecified atom stereocenters. The minimum atomic E-state index is -2.33. The Labute approximate surface area is 305 Å². The molecular formula is C42H56O8Si. The van der Waals surface area contributed by atoms with Gasteiger partial charge >= 0.3 is 5.97 Å². The molecule has 0 radical (unpaired) electrons. The smallest absolute Gasteiger partial charge is 0.338 e. The summed E-state index contributed by atoms with van der Waals surface area (Å²) >= 11 is 0. The number of carbonyl (C=O) groups excluding carboxylic acids is 2. The van der Waals surface area contributed by atoms with Crippen LogP contribution in [0.5, 0.6) is 5.75 Å². The van der Waals surface area contributed by atoms with E-state index in [2.05, 4.69) is 47.7 Å². The van der Waals surface area contributed by atoms with Gasteiger partial charge in [-0.3, -0.25) is 4.79 Å². The third-order valence-corrected chi connectivity index (χ3v) is 16.1. The maximum atomic E-state index is 15.0. The van der Waals surface area contributed by atoms with Crippen LogP contribution in [0, 0.1) is 11.3 Å². The van der Waals surface area contributed by atoms with Crippen LogP contribution in [0.3, 0.4) is 0 Å². The number of carbonyl (C=O) groups is 2. The monoisotopic (exact) mass is 716 g/mol. The number of hydrogen-bond acceptors (Lipinski definition) is 8. The molecule has 2 bridgehead atoms. The molecule has 51 heavy (non-hydrogen) atoms. The van der Waals surface area contributed by atoms with Crippen LogP contribution in [0.1, 0.15) is 81.8 Å². The van der Waals surface area contributed by atoms with E-state index in [1.54, 1.807) is 31.4 Å². The molecular weight excluding hydrogens is 661 g/mol. The highest BCUT2D eigenvalue weighted by atomic mass is 28.4. The van der Waals surface area contributed by atoms with E-state index in [4.69, 9.17) is 28.1 Å². The summed E-state index contributed by atoms with van der Waals surface area (Å²) in [5.74, 6) is -0.0925. The van der Waals surface area contributed by atoms with Crippen molar-refractivity contribution in [2.45, 2.75) is 116 Å². The summed E-state index contributed by atoms with van der Waals surface area (Å²) in [4.78, 5) is 28.6. The molecule has 0 N–H and O–H groups in total. The second-order valence-corrected chi connectivity index (χ2v) is 20.8. The van der Waals surface area contributed by atoms with Gasteiger partial charge in [-0.25, -0.2) is 4.79 Å². The van der Waals surface area contributed by atoms with E-state index in [0.29, 0.717) is 38.0 Å². The van der Waals surface area contributed by atoms with Crippen molar-refractivity contribution in [1.29, 1.82) is 0 Å². The molecule has 2 aliphatic rings. The van der Waals surface area contributed by atoms with Crippen molar-refractivity contribution in [2.75, 3.05) is 13.9 Å². The van der Waals surface area contributed by atoms with E-state index < -0.39 is 31.4 Å². The van der Waals surface area contributed by atoms with E-state index in [9.17, 15) is 4.79 Å². The fourth-order valence-electron chi connectivity index (χ4n) is 7.40. The van der Waals surface area contributed by atoms with Crippen LogP contribution < -0.4 is 4.74 Å². The highest BCUT2D eigenvalue weighted by Gasteiger charge is 2.65. The number of ether oxygens (including phenoxy) is 5. The maximum Gasteiger partial charge on any atom is 0.338 e. The Morgan fingerprint density at radius 1 is 0.843 bits per heavy atom. The molecule has 0 spiro atoms. The minimum absolute atomic E-state index is 0.0604. The maximum absolute atomic E-state index is 15.0. The second kappa shape index (κ2) is 16.1. The predicted octanol–water partition coefficient (Wildman–Crippen LogP) is 8.93. The molecule has 2 fully saturated rings. The van der Waals surface area contributed by atoms with Crippen LogP contribution in [0.4, 0.5) is 0 Å². The van der Waals surface area contributed by atoms with Crippen LogP contribution >= 0.6 is 0 Å². The van der Waals surface area contributed by atoms with Crippen molar-refractivity contribution in [3.05, 3.63) is 102 Å². The molecule has 2 aliphatic carbocycles. The number of Topliss-reactive ketones (excluding diaryl/α,β-unsaturated/α-hetero) is 1. The average molecular weight is 717 g/mol. The van der Waals surface area contributed by atoms with Gasteiger partial charge in [0.1, 0.15) is 18.1 Å². The molecule has 3 aromatic carbocycles. The molecule has 3 aromatic rings. The van der Waals surface area contributed by atoms with Gasteiger partial charge in [-0.2, -0.15) is 0 Å². The van der Waals surface area contributed by atoms with Gasteiger partial charge in [0, 0.05) is 5.41 Å². The number of methoxy groups -OCH3 is 1. The van der Waals surface area contributed by atoms with Gasteiger partial charge in [-0.1, -0.05) is 95.3 Å². The number of fused-ring (bicyclic) bond motifs is 2. The van der Waals surface area contributed by atoms with Crippen molar-refractivity contribution in [3.8, 4) is 5.75 Å². The lowest BCUT2D eigenvalue weighted by atomic mass is 9.68. The highest BCUT2D eigenvalue weighted by Crippen LogP contribution is 2.57. The lowest BCUT2D eigenvalue weighted by molar-refractivity contribution is -0.203. The molecule has 0 heterocycles. The molecule has 276 valence electrons. The predicted molar refractivity (Wildman–Crippen MR) is 200 cm³/mol. The number of hydrogen-bond donors (Lipinski definition) is 0. The third kappa shape index (κ3) is 8.66. The SMILES string of the molecule is COc1ccc(CO[C@@H]2C3CCC(OCOCc4ccccc4)(C(=O)[C@H](OC(=O)c4ccccc4)CC[C@@H]2O[Si](C)(C)C(C)(C)C)C3(C)C)cc1. The normalized spacial score (nSPS) is 25.1. The summed E-state index contributed by atoms with van der Waals surface area (Å²) in [5, 5.41) is -0.0604. The lowest BCUT2D eigenvalue weighted by Gasteiger charge is -2.47. The quantitative estimate of drug-likeness (QED) is 0.0750. The first kappa shape index (κ1) is 38.9. The Bertz CT molecular complexity index is 1580. The van der Waals surface area contributed by atoms with Gasteiger partial charge in [-0.15, -0.1) is 0 Å². The zero-order valence-corrected chi connectivity index (χ0v) is 32.6. The first-order valence-corrected chi connectivity index (χ1v) is 21.1. The van der Waals surface area contributed by atoms with Crippen molar-refractivity contribution < 1.29 is 37.7 Å². The molecule has 8 nitrogen and oxygen atoms in total. The fourth-order valence-corrected chi connectivity index (χ4v) is 8.76. The number of ketones is 1. The fraction of sp³-hybridized carbons (Fsp3) is 0.524. The molecule has 9 heteroatoms. The van der Waals surface area contributed by atoms with E-state index in [0.717, 1.165) is 16.9 Å². The zero-order chi connectivity index (χ0) is 36.9. The van der Waals surface area contributed by atoms with Gasteiger partial charge in [0.2, 0.25) is 5.78 Å². The van der Waals surface area contributed by atoms with Gasteiger partial charge in [0.25, 0.3) is 0 Å². The second-order valence-electron chi connectivity index (χ2n) is 16.0. The summed E-state index contributed by atoms with van der Waals surface area (Å²) in [7, 11) is -0.673. The topological polar surface area (TPSA) is 89.5 Å². The zero-order valence-electron chi connectivity index (χ0n) is 31.6. The molecule has 5 atom stereocenters. The van der Waals surface area contributed by atoms with Gasteiger partial charge < -0.3 is 28.1 Å². The number of benzene rings is 3. The third-order valence-electron chi connectivity index (χ3n) is 11.6. The first-order valence-electron chi connectivity index (χ1n) is 18.2. The lowest BCUT2D eigenvalue weighted by Crippen LogP contribution is -2.57. The van der Waals surface area contributed by atoms with Gasteiger partial charge in [0.15, 0.2) is 14.4 Å². The first-order chi connectivity index (χ1) is 24.2. The molecule has 0 aliphatic heterocycles. The molecule has 5 rings (SSSR count). The highest BCUT2D eigenvalue weighted by molar-refractivity contribution is 6.74. The molecule has 0 aromatic heterocycles. The Balaban J connectivity index is 1.52. The summed E-state index contributed by atoms with van der Waals surface area (Å²) in [6.07, 6.45) is 0.110. The Hall–Kier alpha value is -3.34. The van der Waals surface area contributed by atoms with E-state index >= 15 is 4.79 Å². The summed E-state index contributed by atoms with van der Waals surface area (Å²) in [6.45, 7) is 16.0. The van der Waals surface area contributed by atoms with Crippen molar-refractivity contribution in [3.63, 3.8) is 0 Å². The molecule has 2 saturated carbocycles. The van der Waals surface area contributed by atoms with Gasteiger partial charge in [0.05, 0.1) is 38.1 Å². The van der Waals surface area contributed by atoms with Crippen molar-refractivity contribution in [1.82, 2.24) is 0 Å². The number of rotatable bonds is 13. The standard InChI is InChI=1S/C42H56O8Si/c1-40(2,3)51(7,8)50-35-23-24-36(49-39(44)32-17-13-10-14-18-32)38(43)42(48-29-46-27-30-15-11-9-12-16-30)26-25-34(41(42,4)5)37(35)47-28-31-19-21-33(45-6)22-20-31/h9-22,34-37H,23-29H2,1-8H3/t34?,35-,36+,37+,42?/m0/s1. The Morgan fingerprint density at radius 2 is 1.47 bits per heavy atom. The summed E-state index contributed by atoms with van der Waals surface area (Å²) < 4.78 is 38.5.